The van der Waals surface area contributed by atoms with Crippen LogP contribution in [0.2, 0.25) is 0 Å². The first-order valence-electron chi connectivity index (χ1n) is 3.78. The number of rotatable bonds is 3. The van der Waals surface area contributed by atoms with Crippen molar-refractivity contribution in [3.63, 3.8) is 0 Å². The molecule has 13 heavy (non-hydrogen) atoms. The summed E-state index contributed by atoms with van der Waals surface area (Å²) in [4.78, 5) is 11.7. The molecule has 0 amide bonds. The van der Waals surface area contributed by atoms with Crippen LogP contribution in [0.5, 0.6) is 0 Å². The zero-order valence-electron chi connectivity index (χ0n) is 7.01. The Morgan fingerprint density at radius 1 is 1.62 bits per heavy atom. The highest BCUT2D eigenvalue weighted by Gasteiger charge is 1.92. The maximum atomic E-state index is 8.30. The molecule has 1 rings (SSSR count). The molecule has 1 aromatic heterocycles. The topological polar surface area (TPSA) is 96.4 Å². The second kappa shape index (κ2) is 5.04. The Hall–Kier alpha value is -1.69. The first-order chi connectivity index (χ1) is 6.33. The first-order valence-corrected chi connectivity index (χ1v) is 3.78. The highest BCUT2D eigenvalue weighted by Crippen LogP contribution is 1.91. The highest BCUT2D eigenvalue weighted by atomic mass is 16.5. The minimum atomic E-state index is 0.00360. The summed E-state index contributed by atoms with van der Waals surface area (Å²) in [6.45, 7) is 0.470. The Morgan fingerprint density at radius 3 is 3.08 bits per heavy atom. The molecule has 6 nitrogen and oxygen atoms in total. The third-order valence-electron chi connectivity index (χ3n) is 1.38. The maximum Gasteiger partial charge on any atom is 0.212 e. The third-order valence-corrected chi connectivity index (χ3v) is 1.38. The molecule has 4 N–H and O–H groups in total. The van der Waals surface area contributed by atoms with Crippen LogP contribution in [0.3, 0.4) is 0 Å². The lowest BCUT2D eigenvalue weighted by Crippen LogP contribution is -2.28. The molecule has 0 saturated carbocycles. The van der Waals surface area contributed by atoms with Crippen molar-refractivity contribution >= 4 is 5.96 Å². The van der Waals surface area contributed by atoms with Gasteiger partial charge in [-0.1, -0.05) is 0 Å². The van der Waals surface area contributed by atoms with Crippen LogP contribution in [0.15, 0.2) is 23.6 Å². The van der Waals surface area contributed by atoms with E-state index in [1.807, 2.05) is 0 Å². The van der Waals surface area contributed by atoms with Crippen molar-refractivity contribution < 1.29 is 5.21 Å². The summed E-state index contributed by atoms with van der Waals surface area (Å²) in [5.41, 5.74) is 7.78. The van der Waals surface area contributed by atoms with Gasteiger partial charge in [-0.3, -0.25) is 20.2 Å². The van der Waals surface area contributed by atoms with Crippen LogP contribution in [-0.2, 0) is 6.42 Å². The summed E-state index contributed by atoms with van der Waals surface area (Å²) in [5, 5.41) is 8.30. The van der Waals surface area contributed by atoms with Gasteiger partial charge in [-0.25, -0.2) is 5.48 Å². The van der Waals surface area contributed by atoms with Gasteiger partial charge in [0, 0.05) is 31.6 Å². The number of nitrogens with two attached hydrogens (primary N) is 1. The molecule has 1 aromatic rings. The SMILES string of the molecule is NC(=NCCc1cnccn1)NO. The standard InChI is InChI=1S/C7H11N5O/c8-7(12-13)11-2-1-6-5-9-3-4-10-6/h3-5,13H,1-2H2,(H3,8,11,12). The molecule has 0 aliphatic carbocycles. The summed E-state index contributed by atoms with van der Waals surface area (Å²) in [7, 11) is 0. The van der Waals surface area contributed by atoms with Crippen LogP contribution < -0.4 is 11.2 Å². The number of aliphatic imine (C=N–C) groups is 1. The minimum Gasteiger partial charge on any atom is -0.368 e. The van der Waals surface area contributed by atoms with Crippen LogP contribution in [0.1, 0.15) is 5.69 Å². The Balaban J connectivity index is 2.36. The van der Waals surface area contributed by atoms with Crippen LogP contribution in [0.4, 0.5) is 0 Å². The zero-order chi connectivity index (χ0) is 9.52. The maximum absolute atomic E-state index is 8.30. The fraction of sp³-hybridized carbons (Fsp3) is 0.286. The molecule has 0 radical (unpaired) electrons. The van der Waals surface area contributed by atoms with Crippen molar-refractivity contribution in [3.05, 3.63) is 24.3 Å². The molecule has 0 atom stereocenters. The van der Waals surface area contributed by atoms with E-state index < -0.39 is 0 Å². The van der Waals surface area contributed by atoms with Crippen molar-refractivity contribution in [3.8, 4) is 0 Å². The van der Waals surface area contributed by atoms with Gasteiger partial charge in [-0.2, -0.15) is 0 Å². The molecule has 0 aliphatic rings. The summed E-state index contributed by atoms with van der Waals surface area (Å²) in [5.74, 6) is 0.00360. The van der Waals surface area contributed by atoms with Gasteiger partial charge in [0.1, 0.15) is 0 Å². The van der Waals surface area contributed by atoms with E-state index in [0.29, 0.717) is 13.0 Å². The monoisotopic (exact) mass is 181 g/mol. The number of guanidine groups is 1. The Kier molecular flexibility index (Phi) is 3.65. The van der Waals surface area contributed by atoms with Crippen molar-refractivity contribution in [2.24, 2.45) is 10.7 Å². The van der Waals surface area contributed by atoms with Gasteiger partial charge in [0.05, 0.1) is 5.69 Å². The fourth-order valence-electron chi connectivity index (χ4n) is 0.785. The van der Waals surface area contributed by atoms with Crippen molar-refractivity contribution in [1.82, 2.24) is 15.4 Å². The van der Waals surface area contributed by atoms with Gasteiger partial charge in [0.15, 0.2) is 0 Å². The van der Waals surface area contributed by atoms with Crippen LogP contribution >= 0.6 is 0 Å². The van der Waals surface area contributed by atoms with Gasteiger partial charge in [-0.15, -0.1) is 0 Å². The van der Waals surface area contributed by atoms with Crippen LogP contribution in [-0.4, -0.2) is 27.7 Å². The highest BCUT2D eigenvalue weighted by molar-refractivity contribution is 5.76. The first kappa shape index (κ1) is 9.40. The number of aromatic nitrogens is 2. The number of hydrogen-bond acceptors (Lipinski definition) is 4. The predicted octanol–water partition coefficient (Wildman–Crippen LogP) is -0.687. The average Bonchev–Trinajstić information content (AvgIpc) is 2.19. The Labute approximate surface area is 75.5 Å². The molecule has 0 fully saturated rings. The van der Waals surface area contributed by atoms with E-state index in [-0.39, 0.29) is 5.96 Å². The van der Waals surface area contributed by atoms with E-state index >= 15 is 0 Å². The lowest BCUT2D eigenvalue weighted by Gasteiger charge is -1.97. The lowest BCUT2D eigenvalue weighted by atomic mass is 10.3. The molecule has 0 bridgehead atoms. The fourth-order valence-corrected chi connectivity index (χ4v) is 0.785. The molecule has 6 heteroatoms. The number of hydroxylamine groups is 1. The molecular weight excluding hydrogens is 170 g/mol. The van der Waals surface area contributed by atoms with E-state index in [1.165, 1.54) is 0 Å². The molecule has 0 aromatic carbocycles. The summed E-state index contributed by atoms with van der Waals surface area (Å²) in [6.07, 6.45) is 5.54. The van der Waals surface area contributed by atoms with Gasteiger partial charge in [0.25, 0.3) is 0 Å². The summed E-state index contributed by atoms with van der Waals surface area (Å²) in [6, 6.07) is 0. The third kappa shape index (κ3) is 3.48. The number of hydrogen-bond donors (Lipinski definition) is 3. The van der Waals surface area contributed by atoms with Gasteiger partial charge >= 0.3 is 0 Å². The van der Waals surface area contributed by atoms with Gasteiger partial charge in [0.2, 0.25) is 5.96 Å². The Bertz CT molecular complexity index is 273. The number of nitrogens with one attached hydrogen (secondary N) is 1. The second-order valence-corrected chi connectivity index (χ2v) is 2.33. The normalized spacial score (nSPS) is 11.3. The van der Waals surface area contributed by atoms with Gasteiger partial charge in [-0.05, 0) is 0 Å². The summed E-state index contributed by atoms with van der Waals surface area (Å²) >= 11 is 0. The van der Waals surface area contributed by atoms with Crippen molar-refractivity contribution in [2.45, 2.75) is 6.42 Å². The molecule has 0 spiro atoms. The average molecular weight is 181 g/mol. The van der Waals surface area contributed by atoms with E-state index in [4.69, 9.17) is 10.9 Å². The molecule has 70 valence electrons. The molecule has 1 heterocycles. The van der Waals surface area contributed by atoms with E-state index in [1.54, 1.807) is 24.1 Å². The summed E-state index contributed by atoms with van der Waals surface area (Å²) < 4.78 is 0. The van der Waals surface area contributed by atoms with E-state index in [0.717, 1.165) is 5.69 Å². The number of nitrogens with zero attached hydrogens (tertiary/aromatic N) is 3. The second-order valence-electron chi connectivity index (χ2n) is 2.33. The Morgan fingerprint density at radius 2 is 2.46 bits per heavy atom. The molecule has 0 saturated heterocycles. The van der Waals surface area contributed by atoms with Crippen LogP contribution in [0, 0.1) is 0 Å². The molecule has 0 aliphatic heterocycles. The van der Waals surface area contributed by atoms with Crippen molar-refractivity contribution in [2.75, 3.05) is 6.54 Å². The van der Waals surface area contributed by atoms with E-state index in [2.05, 4.69) is 15.0 Å². The molecule has 0 unspecified atom stereocenters. The quantitative estimate of drug-likeness (QED) is 0.326. The van der Waals surface area contributed by atoms with E-state index in [9.17, 15) is 0 Å². The minimum absolute atomic E-state index is 0.00360. The predicted molar refractivity (Wildman–Crippen MR) is 47.1 cm³/mol. The van der Waals surface area contributed by atoms with Crippen LogP contribution in [0.25, 0.3) is 0 Å². The largest absolute Gasteiger partial charge is 0.368 e. The smallest absolute Gasteiger partial charge is 0.212 e. The van der Waals surface area contributed by atoms with Crippen molar-refractivity contribution in [1.29, 1.82) is 0 Å². The lowest BCUT2D eigenvalue weighted by molar-refractivity contribution is 0.232. The zero-order valence-corrected chi connectivity index (χ0v) is 7.01. The van der Waals surface area contributed by atoms with Gasteiger partial charge < -0.3 is 5.73 Å². The molecular formula is C7H11N5O.